The maximum atomic E-state index is 8.96. The van der Waals surface area contributed by atoms with Gasteiger partial charge in [-0.1, -0.05) is 6.07 Å². The number of benzene rings is 1. The number of rotatable bonds is 4. The van der Waals surface area contributed by atoms with Crippen LogP contribution in [-0.4, -0.2) is 12.1 Å². The molecule has 1 aromatic carbocycles. The molecule has 20 heavy (non-hydrogen) atoms. The molecule has 0 aliphatic carbocycles. The van der Waals surface area contributed by atoms with Crippen molar-refractivity contribution < 1.29 is 4.74 Å². The zero-order valence-electron chi connectivity index (χ0n) is 10.9. The highest BCUT2D eigenvalue weighted by Gasteiger charge is 2.03. The van der Waals surface area contributed by atoms with Crippen molar-refractivity contribution in [2.75, 3.05) is 12.4 Å². The number of anilines is 1. The first-order valence-corrected chi connectivity index (χ1v) is 5.94. The van der Waals surface area contributed by atoms with Crippen molar-refractivity contribution in [3.05, 3.63) is 53.2 Å². The number of pyridine rings is 1. The molecule has 2 aromatic rings. The molecule has 2 rings (SSSR count). The Morgan fingerprint density at radius 1 is 1.15 bits per heavy atom. The fraction of sp³-hybridized carbons (Fsp3) is 0.133. The van der Waals surface area contributed by atoms with Crippen molar-refractivity contribution in [2.45, 2.75) is 6.54 Å². The molecule has 0 spiro atoms. The largest absolute Gasteiger partial charge is 0.481 e. The first-order chi connectivity index (χ1) is 9.76. The number of ether oxygens (including phenoxy) is 1. The molecule has 0 saturated heterocycles. The van der Waals surface area contributed by atoms with E-state index in [-0.39, 0.29) is 0 Å². The van der Waals surface area contributed by atoms with Gasteiger partial charge in [-0.3, -0.25) is 0 Å². The topological polar surface area (TPSA) is 81.7 Å². The van der Waals surface area contributed by atoms with Crippen LogP contribution in [0, 0.1) is 22.7 Å². The Labute approximate surface area is 117 Å². The van der Waals surface area contributed by atoms with E-state index in [0.717, 1.165) is 11.3 Å². The third kappa shape index (κ3) is 3.04. The summed E-state index contributed by atoms with van der Waals surface area (Å²) in [6, 6.07) is 12.8. The lowest BCUT2D eigenvalue weighted by Gasteiger charge is -2.07. The van der Waals surface area contributed by atoms with Crippen LogP contribution in [0.3, 0.4) is 0 Å². The zero-order valence-corrected chi connectivity index (χ0v) is 10.9. The molecule has 0 aliphatic heterocycles. The van der Waals surface area contributed by atoms with E-state index in [2.05, 4.69) is 10.3 Å². The Kier molecular flexibility index (Phi) is 4.16. The van der Waals surface area contributed by atoms with Gasteiger partial charge in [0, 0.05) is 24.5 Å². The van der Waals surface area contributed by atoms with Crippen molar-refractivity contribution in [3.8, 4) is 18.0 Å². The van der Waals surface area contributed by atoms with Crippen LogP contribution in [0.1, 0.15) is 16.7 Å². The molecule has 0 bridgehead atoms. The molecule has 0 radical (unpaired) electrons. The summed E-state index contributed by atoms with van der Waals surface area (Å²) in [5.74, 6) is 0.568. The van der Waals surface area contributed by atoms with Crippen LogP contribution in [0.4, 0.5) is 5.69 Å². The molecule has 1 heterocycles. The minimum absolute atomic E-state index is 0.366. The van der Waals surface area contributed by atoms with Crippen LogP contribution in [0.2, 0.25) is 0 Å². The summed E-state index contributed by atoms with van der Waals surface area (Å²) in [6.07, 6.45) is 1.72. The fourth-order valence-corrected chi connectivity index (χ4v) is 1.68. The van der Waals surface area contributed by atoms with E-state index in [9.17, 15) is 0 Å². The lowest BCUT2D eigenvalue weighted by Crippen LogP contribution is -2.01. The Morgan fingerprint density at radius 3 is 2.55 bits per heavy atom. The Morgan fingerprint density at radius 2 is 1.95 bits per heavy atom. The average Bonchev–Trinajstić information content (AvgIpc) is 2.53. The van der Waals surface area contributed by atoms with Gasteiger partial charge >= 0.3 is 0 Å². The van der Waals surface area contributed by atoms with Gasteiger partial charge in [0.1, 0.15) is 12.1 Å². The van der Waals surface area contributed by atoms with E-state index in [0.29, 0.717) is 23.6 Å². The first-order valence-electron chi connectivity index (χ1n) is 5.94. The number of hydrogen-bond acceptors (Lipinski definition) is 5. The maximum Gasteiger partial charge on any atom is 0.212 e. The summed E-state index contributed by atoms with van der Waals surface area (Å²) in [5.41, 5.74) is 2.53. The molecular weight excluding hydrogens is 252 g/mol. The normalized spacial score (nSPS) is 9.35. The molecule has 1 N–H and O–H groups in total. The number of nitrogens with one attached hydrogen (secondary N) is 1. The Balaban J connectivity index is 2.07. The van der Waals surface area contributed by atoms with E-state index < -0.39 is 0 Å². The quantitative estimate of drug-likeness (QED) is 0.917. The predicted molar refractivity (Wildman–Crippen MR) is 74.0 cm³/mol. The van der Waals surface area contributed by atoms with Crippen molar-refractivity contribution in [1.82, 2.24) is 4.98 Å². The summed E-state index contributed by atoms with van der Waals surface area (Å²) < 4.78 is 4.99. The molecule has 0 aliphatic rings. The van der Waals surface area contributed by atoms with Crippen LogP contribution < -0.4 is 10.1 Å². The number of methoxy groups -OCH3 is 1. The average molecular weight is 264 g/mol. The highest BCUT2D eigenvalue weighted by Crippen LogP contribution is 2.16. The second-order valence-electron chi connectivity index (χ2n) is 4.05. The first kappa shape index (κ1) is 13.4. The molecule has 0 fully saturated rings. The third-order valence-electron chi connectivity index (χ3n) is 2.76. The standard InChI is InChI=1S/C15H12N4O/c1-20-15-5-2-11(10-19-15)9-18-14-4-3-12(7-16)13(6-14)8-17/h2-6,10,18H,9H2,1H3. The van der Waals surface area contributed by atoms with Gasteiger partial charge in [-0.25, -0.2) is 4.98 Å². The molecule has 98 valence electrons. The number of nitriles is 2. The lowest BCUT2D eigenvalue weighted by molar-refractivity contribution is 0.397. The van der Waals surface area contributed by atoms with Gasteiger partial charge in [-0.2, -0.15) is 10.5 Å². The van der Waals surface area contributed by atoms with Gasteiger partial charge in [0.25, 0.3) is 0 Å². The van der Waals surface area contributed by atoms with Crippen LogP contribution >= 0.6 is 0 Å². The van der Waals surface area contributed by atoms with Crippen LogP contribution in [0.15, 0.2) is 36.5 Å². The van der Waals surface area contributed by atoms with E-state index in [1.54, 1.807) is 37.6 Å². The van der Waals surface area contributed by atoms with Crippen molar-refractivity contribution in [1.29, 1.82) is 10.5 Å². The summed E-state index contributed by atoms with van der Waals surface area (Å²) in [6.45, 7) is 0.577. The van der Waals surface area contributed by atoms with Gasteiger partial charge in [0.2, 0.25) is 5.88 Å². The summed E-state index contributed by atoms with van der Waals surface area (Å²) in [4.78, 5) is 4.11. The SMILES string of the molecule is COc1ccc(CNc2ccc(C#N)c(C#N)c2)cn1. The monoisotopic (exact) mass is 264 g/mol. The lowest BCUT2D eigenvalue weighted by atomic mass is 10.1. The predicted octanol–water partition coefficient (Wildman–Crippen LogP) is 2.45. The fourth-order valence-electron chi connectivity index (χ4n) is 1.68. The van der Waals surface area contributed by atoms with E-state index in [4.69, 9.17) is 15.3 Å². The second kappa shape index (κ2) is 6.21. The molecule has 5 heteroatoms. The van der Waals surface area contributed by atoms with Crippen LogP contribution in [0.5, 0.6) is 5.88 Å². The molecule has 5 nitrogen and oxygen atoms in total. The maximum absolute atomic E-state index is 8.96. The van der Waals surface area contributed by atoms with Crippen LogP contribution in [-0.2, 0) is 6.54 Å². The highest BCUT2D eigenvalue weighted by atomic mass is 16.5. The summed E-state index contributed by atoms with van der Waals surface area (Å²) in [5, 5.41) is 21.0. The van der Waals surface area contributed by atoms with Gasteiger partial charge in [0.05, 0.1) is 18.2 Å². The molecule has 1 aromatic heterocycles. The minimum atomic E-state index is 0.366. The molecule has 0 atom stereocenters. The van der Waals surface area contributed by atoms with E-state index in [1.165, 1.54) is 0 Å². The molecular formula is C15H12N4O. The molecule has 0 unspecified atom stereocenters. The van der Waals surface area contributed by atoms with E-state index >= 15 is 0 Å². The second-order valence-corrected chi connectivity index (χ2v) is 4.05. The molecule has 0 saturated carbocycles. The number of hydrogen-bond donors (Lipinski definition) is 1. The molecule has 0 amide bonds. The minimum Gasteiger partial charge on any atom is -0.481 e. The van der Waals surface area contributed by atoms with Gasteiger partial charge in [-0.15, -0.1) is 0 Å². The van der Waals surface area contributed by atoms with Crippen LogP contribution in [0.25, 0.3) is 0 Å². The number of nitrogens with zero attached hydrogens (tertiary/aromatic N) is 3. The summed E-state index contributed by atoms with van der Waals surface area (Å²) in [7, 11) is 1.57. The Hall–Kier alpha value is -3.05. The van der Waals surface area contributed by atoms with Crippen molar-refractivity contribution in [3.63, 3.8) is 0 Å². The highest BCUT2D eigenvalue weighted by molar-refractivity contribution is 5.56. The van der Waals surface area contributed by atoms with Gasteiger partial charge in [-0.05, 0) is 23.8 Å². The Bertz CT molecular complexity index is 681. The summed E-state index contributed by atoms with van der Waals surface area (Å²) >= 11 is 0. The van der Waals surface area contributed by atoms with Crippen molar-refractivity contribution in [2.24, 2.45) is 0 Å². The zero-order chi connectivity index (χ0) is 14.4. The van der Waals surface area contributed by atoms with Gasteiger partial charge in [0.15, 0.2) is 0 Å². The van der Waals surface area contributed by atoms with Crippen molar-refractivity contribution >= 4 is 5.69 Å². The third-order valence-corrected chi connectivity index (χ3v) is 2.76. The smallest absolute Gasteiger partial charge is 0.212 e. The van der Waals surface area contributed by atoms with Gasteiger partial charge < -0.3 is 10.1 Å². The van der Waals surface area contributed by atoms with E-state index in [1.807, 2.05) is 18.2 Å². The number of aromatic nitrogens is 1.